The molecule has 0 bridgehead atoms. The molecule has 0 amide bonds. The lowest BCUT2D eigenvalue weighted by Gasteiger charge is -2.30. The Bertz CT molecular complexity index is 3340. The first kappa shape index (κ1) is 34.6. The van der Waals surface area contributed by atoms with Gasteiger partial charge in [-0.2, -0.15) is 0 Å². The van der Waals surface area contributed by atoms with E-state index in [-0.39, 0.29) is 6.04 Å². The number of aryl methyl sites for hydroxylation is 2. The number of anilines is 2. The molecule has 0 fully saturated rings. The maximum atomic E-state index is 2.55. The number of aromatic nitrogens is 1. The highest BCUT2D eigenvalue weighted by Crippen LogP contribution is 2.49. The summed E-state index contributed by atoms with van der Waals surface area (Å²) in [5.41, 5.74) is 17.7. The molecule has 12 rings (SSSR count). The lowest BCUT2D eigenvalue weighted by Crippen LogP contribution is -2.29. The second-order valence-electron chi connectivity index (χ2n) is 16.5. The number of rotatable bonds is 5. The summed E-state index contributed by atoms with van der Waals surface area (Å²) < 4.78 is 2.43. The monoisotopic (exact) mass is 766 g/mol. The van der Waals surface area contributed by atoms with Gasteiger partial charge in [-0.1, -0.05) is 158 Å². The molecule has 2 aliphatic rings. The normalized spacial score (nSPS) is 15.7. The van der Waals surface area contributed by atoms with E-state index >= 15 is 0 Å². The summed E-state index contributed by atoms with van der Waals surface area (Å²) in [6.07, 6.45) is 9.11. The molecule has 10 aromatic rings. The first-order chi connectivity index (χ1) is 29.6. The van der Waals surface area contributed by atoms with E-state index < -0.39 is 0 Å². The summed E-state index contributed by atoms with van der Waals surface area (Å²) in [6, 6.07) is 67.7. The molecule has 9 aromatic carbocycles. The molecule has 0 saturated carbocycles. The van der Waals surface area contributed by atoms with Crippen LogP contribution in [0.1, 0.15) is 22.6 Å². The van der Waals surface area contributed by atoms with Crippen molar-refractivity contribution < 1.29 is 0 Å². The lowest BCUT2D eigenvalue weighted by atomic mass is 9.86. The molecule has 2 heteroatoms. The zero-order chi connectivity index (χ0) is 39.9. The number of nitrogens with zero attached hydrogens (tertiary/aromatic N) is 2. The molecule has 1 aliphatic carbocycles. The van der Waals surface area contributed by atoms with Gasteiger partial charge in [0.25, 0.3) is 0 Å². The summed E-state index contributed by atoms with van der Waals surface area (Å²) in [6.45, 7) is 4.54. The van der Waals surface area contributed by atoms with Crippen LogP contribution in [-0.2, 0) is 0 Å². The van der Waals surface area contributed by atoms with Crippen molar-refractivity contribution in [3.8, 4) is 39.1 Å². The minimum absolute atomic E-state index is 0.284. The van der Waals surface area contributed by atoms with Crippen molar-refractivity contribution in [2.45, 2.75) is 25.8 Å². The molecule has 2 heterocycles. The highest BCUT2D eigenvalue weighted by molar-refractivity contribution is 6.21. The van der Waals surface area contributed by atoms with Crippen LogP contribution in [0.4, 0.5) is 11.4 Å². The van der Waals surface area contributed by atoms with Crippen LogP contribution in [0, 0.1) is 13.8 Å². The fourth-order valence-electron chi connectivity index (χ4n) is 10.5. The van der Waals surface area contributed by atoms with Crippen LogP contribution < -0.4 is 4.90 Å². The molecule has 0 saturated heterocycles. The van der Waals surface area contributed by atoms with Gasteiger partial charge in [-0.15, -0.1) is 0 Å². The minimum atomic E-state index is 0.284. The largest absolute Gasteiger partial charge is 0.333 e. The highest BCUT2D eigenvalue weighted by Gasteiger charge is 2.37. The third kappa shape index (κ3) is 5.20. The molecule has 1 aromatic heterocycles. The van der Waals surface area contributed by atoms with E-state index in [4.69, 9.17) is 0 Å². The Kier molecular flexibility index (Phi) is 7.83. The molecular formula is C58H42N2. The summed E-state index contributed by atoms with van der Waals surface area (Å²) in [5.74, 6) is 0.368. The zero-order valence-electron chi connectivity index (χ0n) is 33.7. The van der Waals surface area contributed by atoms with Crippen LogP contribution in [0.3, 0.4) is 0 Å². The van der Waals surface area contributed by atoms with Crippen molar-refractivity contribution in [2.75, 3.05) is 4.90 Å². The molecule has 0 spiro atoms. The lowest BCUT2D eigenvalue weighted by molar-refractivity contribution is 0.743. The molecule has 2 nitrogen and oxygen atoms in total. The molecule has 0 radical (unpaired) electrons. The van der Waals surface area contributed by atoms with E-state index in [0.29, 0.717) is 5.92 Å². The zero-order valence-corrected chi connectivity index (χ0v) is 33.7. The first-order valence-electron chi connectivity index (χ1n) is 21.1. The standard InChI is InChI=1S/C58H42N2/c1-37-35-56(60-53-26-14-10-18-43(53)44-19-11-15-27-54(44)60)38(2)34-50(37)41-30-33-55-51(36-41)45-20-12-13-25-52(45)59(55)42-31-28-40(29-32-42)58-48-23-8-6-21-46(48)57(39-16-4-3-5-17-39)47-22-7-9-24-49(47)58/h3-36,43,53H,1-2H3. The van der Waals surface area contributed by atoms with Gasteiger partial charge < -0.3 is 9.47 Å². The predicted octanol–water partition coefficient (Wildman–Crippen LogP) is 15.4. The second kappa shape index (κ2) is 13.6. The van der Waals surface area contributed by atoms with Gasteiger partial charge in [0.05, 0.1) is 17.1 Å². The SMILES string of the molecule is Cc1cc(N2c3ccccc3C3C=CC=CC32)c(C)cc1-c1ccc2c(c1)c1ccccc1n2-c1ccc(-c2c3ccccc3c(-c3ccccc3)c3ccccc23)cc1. The third-order valence-electron chi connectivity index (χ3n) is 13.2. The smallest absolute Gasteiger partial charge is 0.0629 e. The van der Waals surface area contributed by atoms with Crippen molar-refractivity contribution in [3.05, 3.63) is 223 Å². The number of benzene rings is 9. The van der Waals surface area contributed by atoms with Gasteiger partial charge in [-0.05, 0) is 134 Å². The van der Waals surface area contributed by atoms with E-state index in [1.165, 1.54) is 105 Å². The summed E-state index contributed by atoms with van der Waals surface area (Å²) in [7, 11) is 0. The Balaban J connectivity index is 0.956. The van der Waals surface area contributed by atoms with Crippen LogP contribution in [0.25, 0.3) is 82.4 Å². The average molecular weight is 767 g/mol. The predicted molar refractivity (Wildman–Crippen MR) is 255 cm³/mol. The molecule has 0 N–H and O–H groups in total. The van der Waals surface area contributed by atoms with Crippen molar-refractivity contribution >= 4 is 54.7 Å². The summed E-state index contributed by atoms with van der Waals surface area (Å²) >= 11 is 0. The number of fused-ring (bicyclic) bond motifs is 8. The van der Waals surface area contributed by atoms with E-state index in [0.717, 1.165) is 5.69 Å². The fraction of sp³-hybridized carbons (Fsp3) is 0.0690. The number of hydrogen-bond donors (Lipinski definition) is 0. The Morgan fingerprint density at radius 3 is 1.68 bits per heavy atom. The van der Waals surface area contributed by atoms with E-state index in [1.54, 1.807) is 0 Å². The van der Waals surface area contributed by atoms with Crippen molar-refractivity contribution in [3.63, 3.8) is 0 Å². The van der Waals surface area contributed by atoms with Gasteiger partial charge in [0.15, 0.2) is 0 Å². The van der Waals surface area contributed by atoms with E-state index in [9.17, 15) is 0 Å². The highest BCUT2D eigenvalue weighted by atomic mass is 15.2. The van der Waals surface area contributed by atoms with Gasteiger partial charge in [0.2, 0.25) is 0 Å². The molecule has 2 atom stereocenters. The van der Waals surface area contributed by atoms with Crippen LogP contribution >= 0.6 is 0 Å². The maximum Gasteiger partial charge on any atom is 0.0629 e. The molecule has 2 unspecified atom stereocenters. The van der Waals surface area contributed by atoms with Crippen LogP contribution in [0.15, 0.2) is 206 Å². The van der Waals surface area contributed by atoms with Gasteiger partial charge in [-0.25, -0.2) is 0 Å². The Morgan fingerprint density at radius 1 is 0.400 bits per heavy atom. The molecular weight excluding hydrogens is 725 g/mol. The maximum absolute atomic E-state index is 2.55. The summed E-state index contributed by atoms with van der Waals surface area (Å²) in [5, 5.41) is 7.60. The molecule has 60 heavy (non-hydrogen) atoms. The average Bonchev–Trinajstić information content (AvgIpc) is 3.82. The van der Waals surface area contributed by atoms with Crippen LogP contribution in [0.5, 0.6) is 0 Å². The first-order valence-corrected chi connectivity index (χ1v) is 21.1. The Morgan fingerprint density at radius 2 is 0.967 bits per heavy atom. The van der Waals surface area contributed by atoms with Gasteiger partial charge in [0.1, 0.15) is 0 Å². The second-order valence-corrected chi connectivity index (χ2v) is 16.5. The van der Waals surface area contributed by atoms with Crippen LogP contribution in [-0.4, -0.2) is 10.6 Å². The van der Waals surface area contributed by atoms with Gasteiger partial charge in [0, 0.05) is 33.8 Å². The van der Waals surface area contributed by atoms with Gasteiger partial charge >= 0.3 is 0 Å². The fourth-order valence-corrected chi connectivity index (χ4v) is 10.5. The number of hydrogen-bond acceptors (Lipinski definition) is 1. The van der Waals surface area contributed by atoms with Crippen molar-refractivity contribution in [2.24, 2.45) is 0 Å². The Hall–Kier alpha value is -7.42. The quantitative estimate of drug-likeness (QED) is 0.158. The molecule has 1 aliphatic heterocycles. The van der Waals surface area contributed by atoms with Crippen LogP contribution in [0.2, 0.25) is 0 Å². The third-order valence-corrected chi connectivity index (χ3v) is 13.2. The van der Waals surface area contributed by atoms with Gasteiger partial charge in [-0.3, -0.25) is 0 Å². The molecule has 284 valence electrons. The summed E-state index contributed by atoms with van der Waals surface area (Å²) in [4.78, 5) is 2.55. The number of para-hydroxylation sites is 2. The van der Waals surface area contributed by atoms with Crippen molar-refractivity contribution in [1.82, 2.24) is 4.57 Å². The van der Waals surface area contributed by atoms with Crippen molar-refractivity contribution in [1.29, 1.82) is 0 Å². The number of allylic oxidation sites excluding steroid dienone is 2. The Labute approximate surface area is 350 Å². The minimum Gasteiger partial charge on any atom is -0.333 e. The van der Waals surface area contributed by atoms with E-state index in [1.807, 2.05) is 0 Å². The van der Waals surface area contributed by atoms with E-state index in [2.05, 4.69) is 230 Å². The topological polar surface area (TPSA) is 8.17 Å².